The number of carbonyl (C=O) groups is 1. The molecule has 4 rings (SSSR count). The summed E-state index contributed by atoms with van der Waals surface area (Å²) < 4.78 is 17.5. The smallest absolute Gasteiger partial charge is 0.248 e. The minimum Gasteiger partial charge on any atom is -0.496 e. The van der Waals surface area contributed by atoms with Gasteiger partial charge in [-0.05, 0) is 25.3 Å². The van der Waals surface area contributed by atoms with E-state index >= 15 is 0 Å². The largest absolute Gasteiger partial charge is 0.496 e. The maximum atomic E-state index is 12.2. The molecule has 1 aromatic carbocycles. The lowest BCUT2D eigenvalue weighted by Gasteiger charge is -2.53. The summed E-state index contributed by atoms with van der Waals surface area (Å²) >= 11 is 0. The number of amides is 1. The SMILES string of the molecule is COc1ccccc1CN1CC2(C[C@@H](OCC(=O)N3CCCC3)CCO2)C1. The molecule has 6 heteroatoms. The first-order chi connectivity index (χ1) is 13.2. The van der Waals surface area contributed by atoms with Crippen LogP contribution in [0.4, 0.5) is 0 Å². The van der Waals surface area contributed by atoms with Gasteiger partial charge in [0, 0.05) is 51.3 Å². The molecular formula is C21H30N2O4. The minimum atomic E-state index is -0.110. The highest BCUT2D eigenvalue weighted by atomic mass is 16.5. The molecule has 1 aromatic rings. The van der Waals surface area contributed by atoms with Crippen molar-refractivity contribution >= 4 is 5.91 Å². The van der Waals surface area contributed by atoms with Crippen LogP contribution in [-0.4, -0.2) is 73.9 Å². The highest BCUT2D eigenvalue weighted by molar-refractivity contribution is 5.77. The van der Waals surface area contributed by atoms with E-state index in [4.69, 9.17) is 14.2 Å². The van der Waals surface area contributed by atoms with E-state index in [2.05, 4.69) is 11.0 Å². The van der Waals surface area contributed by atoms with Crippen LogP contribution in [-0.2, 0) is 20.8 Å². The van der Waals surface area contributed by atoms with Gasteiger partial charge in [0.1, 0.15) is 12.4 Å². The Morgan fingerprint density at radius 3 is 2.81 bits per heavy atom. The van der Waals surface area contributed by atoms with Crippen LogP contribution in [0.5, 0.6) is 5.75 Å². The van der Waals surface area contributed by atoms with Gasteiger partial charge in [-0.15, -0.1) is 0 Å². The molecule has 0 aromatic heterocycles. The van der Waals surface area contributed by atoms with Gasteiger partial charge in [0.15, 0.2) is 0 Å². The molecule has 0 saturated carbocycles. The Balaban J connectivity index is 1.25. The average Bonchev–Trinajstić information content (AvgIpc) is 3.20. The number of hydrogen-bond donors (Lipinski definition) is 0. The van der Waals surface area contributed by atoms with Crippen LogP contribution in [0, 0.1) is 0 Å². The van der Waals surface area contributed by atoms with Gasteiger partial charge in [0.25, 0.3) is 0 Å². The van der Waals surface area contributed by atoms with E-state index in [1.807, 2.05) is 23.1 Å². The summed E-state index contributed by atoms with van der Waals surface area (Å²) in [5.74, 6) is 1.07. The van der Waals surface area contributed by atoms with Crippen molar-refractivity contribution in [2.45, 2.75) is 43.9 Å². The monoisotopic (exact) mass is 374 g/mol. The van der Waals surface area contributed by atoms with Crippen molar-refractivity contribution < 1.29 is 19.0 Å². The number of carbonyl (C=O) groups excluding carboxylic acids is 1. The standard InChI is InChI=1S/C21H30N2O4/c1-25-19-7-3-2-6-17(19)13-22-15-21(16-22)12-18(8-11-27-21)26-14-20(24)23-9-4-5-10-23/h2-3,6-7,18H,4-5,8-16H2,1H3/t18-/m0/s1. The predicted octanol–water partition coefficient (Wildman–Crippen LogP) is 2.07. The van der Waals surface area contributed by atoms with E-state index in [0.717, 1.165) is 64.2 Å². The molecule has 3 saturated heterocycles. The molecule has 0 aliphatic carbocycles. The van der Waals surface area contributed by atoms with Crippen molar-refractivity contribution in [2.75, 3.05) is 46.5 Å². The van der Waals surface area contributed by atoms with Crippen molar-refractivity contribution in [2.24, 2.45) is 0 Å². The third-order valence-corrected chi connectivity index (χ3v) is 5.96. The summed E-state index contributed by atoms with van der Waals surface area (Å²) in [6.07, 6.45) is 4.12. The molecule has 1 spiro atoms. The van der Waals surface area contributed by atoms with Crippen LogP contribution in [0.25, 0.3) is 0 Å². The first-order valence-electron chi connectivity index (χ1n) is 10.1. The maximum absolute atomic E-state index is 12.2. The number of ether oxygens (including phenoxy) is 3. The van der Waals surface area contributed by atoms with Crippen LogP contribution in [0.1, 0.15) is 31.2 Å². The first-order valence-corrected chi connectivity index (χ1v) is 10.1. The number of nitrogens with zero attached hydrogens (tertiary/aromatic N) is 2. The van der Waals surface area contributed by atoms with Crippen molar-refractivity contribution in [3.05, 3.63) is 29.8 Å². The average molecular weight is 374 g/mol. The van der Waals surface area contributed by atoms with Gasteiger partial charge in [-0.3, -0.25) is 9.69 Å². The van der Waals surface area contributed by atoms with Crippen LogP contribution in [0.2, 0.25) is 0 Å². The van der Waals surface area contributed by atoms with Crippen LogP contribution in [0.3, 0.4) is 0 Å². The zero-order valence-electron chi connectivity index (χ0n) is 16.2. The van der Waals surface area contributed by atoms with E-state index in [9.17, 15) is 4.79 Å². The lowest BCUT2D eigenvalue weighted by molar-refractivity contribution is -0.200. The second-order valence-electron chi connectivity index (χ2n) is 8.00. The van der Waals surface area contributed by atoms with Crippen molar-refractivity contribution in [1.82, 2.24) is 9.80 Å². The molecule has 27 heavy (non-hydrogen) atoms. The molecule has 148 valence electrons. The summed E-state index contributed by atoms with van der Waals surface area (Å²) in [5.41, 5.74) is 1.09. The minimum absolute atomic E-state index is 0.110. The molecule has 0 unspecified atom stereocenters. The lowest BCUT2D eigenvalue weighted by atomic mass is 9.84. The summed E-state index contributed by atoms with van der Waals surface area (Å²) in [7, 11) is 1.71. The number of para-hydroxylation sites is 1. The maximum Gasteiger partial charge on any atom is 0.248 e. The van der Waals surface area contributed by atoms with E-state index in [0.29, 0.717) is 6.61 Å². The van der Waals surface area contributed by atoms with Gasteiger partial charge in [0.05, 0.1) is 18.8 Å². The fourth-order valence-electron chi connectivity index (χ4n) is 4.55. The van der Waals surface area contributed by atoms with Crippen LogP contribution >= 0.6 is 0 Å². The molecule has 0 bridgehead atoms. The molecule has 0 radical (unpaired) electrons. The number of likely N-dealkylation sites (tertiary alicyclic amines) is 2. The molecule has 6 nitrogen and oxygen atoms in total. The summed E-state index contributed by atoms with van der Waals surface area (Å²) in [4.78, 5) is 16.5. The molecule has 1 atom stereocenters. The Morgan fingerprint density at radius 2 is 2.04 bits per heavy atom. The van der Waals surface area contributed by atoms with Gasteiger partial charge >= 0.3 is 0 Å². The Bertz CT molecular complexity index is 653. The number of hydrogen-bond acceptors (Lipinski definition) is 5. The zero-order chi connectivity index (χ0) is 18.7. The molecular weight excluding hydrogens is 344 g/mol. The zero-order valence-corrected chi connectivity index (χ0v) is 16.2. The fourth-order valence-corrected chi connectivity index (χ4v) is 4.55. The lowest BCUT2D eigenvalue weighted by Crippen LogP contribution is -2.65. The van der Waals surface area contributed by atoms with Gasteiger partial charge in [0.2, 0.25) is 5.91 Å². The normalized spacial score (nSPS) is 24.8. The Kier molecular flexibility index (Phi) is 5.66. The van der Waals surface area contributed by atoms with Crippen LogP contribution < -0.4 is 4.74 Å². The number of benzene rings is 1. The highest BCUT2D eigenvalue weighted by Gasteiger charge is 2.47. The Morgan fingerprint density at radius 1 is 1.26 bits per heavy atom. The third kappa shape index (κ3) is 4.28. The topological polar surface area (TPSA) is 51.2 Å². The number of methoxy groups -OCH3 is 1. The Hall–Kier alpha value is -1.63. The molecule has 3 aliphatic rings. The first kappa shape index (κ1) is 18.7. The van der Waals surface area contributed by atoms with Crippen molar-refractivity contribution in [1.29, 1.82) is 0 Å². The highest BCUT2D eigenvalue weighted by Crippen LogP contribution is 2.36. The predicted molar refractivity (Wildman–Crippen MR) is 102 cm³/mol. The van der Waals surface area contributed by atoms with E-state index in [1.165, 1.54) is 5.56 Å². The Labute approximate surface area is 161 Å². The van der Waals surface area contributed by atoms with Gasteiger partial charge in [-0.1, -0.05) is 18.2 Å². The molecule has 3 fully saturated rings. The second kappa shape index (κ2) is 8.17. The third-order valence-electron chi connectivity index (χ3n) is 5.96. The van der Waals surface area contributed by atoms with Crippen molar-refractivity contribution in [3.8, 4) is 5.75 Å². The molecule has 3 heterocycles. The summed E-state index contributed by atoms with van der Waals surface area (Å²) in [5, 5.41) is 0. The quantitative estimate of drug-likeness (QED) is 0.763. The van der Waals surface area contributed by atoms with Gasteiger partial charge in [-0.2, -0.15) is 0 Å². The molecule has 3 aliphatic heterocycles. The second-order valence-corrected chi connectivity index (χ2v) is 8.00. The number of rotatable bonds is 6. The van der Waals surface area contributed by atoms with Gasteiger partial charge in [-0.25, -0.2) is 0 Å². The molecule has 1 amide bonds. The van der Waals surface area contributed by atoms with E-state index < -0.39 is 0 Å². The summed E-state index contributed by atoms with van der Waals surface area (Å²) in [6.45, 7) is 5.39. The van der Waals surface area contributed by atoms with Gasteiger partial charge < -0.3 is 19.1 Å². The molecule has 0 N–H and O–H groups in total. The van der Waals surface area contributed by atoms with E-state index in [-0.39, 0.29) is 24.2 Å². The van der Waals surface area contributed by atoms with Crippen LogP contribution in [0.15, 0.2) is 24.3 Å². The van der Waals surface area contributed by atoms with Crippen molar-refractivity contribution in [3.63, 3.8) is 0 Å². The fraction of sp³-hybridized carbons (Fsp3) is 0.667. The summed E-state index contributed by atoms with van der Waals surface area (Å²) in [6, 6.07) is 8.16. The van der Waals surface area contributed by atoms with E-state index in [1.54, 1.807) is 7.11 Å².